The normalized spacial score (nSPS) is 16.9. The van der Waals surface area contributed by atoms with E-state index in [1.807, 2.05) is 6.92 Å². The lowest BCUT2D eigenvalue weighted by Crippen LogP contribution is -2.58. The number of aliphatic carboxylic acids is 1. The fourth-order valence-electron chi connectivity index (χ4n) is 2.38. The third-order valence-corrected chi connectivity index (χ3v) is 4.67. The first-order valence-electron chi connectivity index (χ1n) is 9.67. The topological polar surface area (TPSA) is 214 Å². The van der Waals surface area contributed by atoms with Crippen LogP contribution in [0.4, 0.5) is 0 Å². The summed E-state index contributed by atoms with van der Waals surface area (Å²) in [5.74, 6) is -4.51. The Labute approximate surface area is 175 Å². The number of carbonyl (C=O) groups is 5. The minimum absolute atomic E-state index is 0.109. The minimum atomic E-state index is -1.61. The minimum Gasteiger partial charge on any atom is -0.480 e. The maximum absolute atomic E-state index is 12.4. The van der Waals surface area contributed by atoms with Crippen LogP contribution in [0, 0.1) is 5.92 Å². The van der Waals surface area contributed by atoms with Crippen LogP contribution in [0.2, 0.25) is 0 Å². The second kappa shape index (κ2) is 12.8. The third-order valence-electron chi connectivity index (χ3n) is 4.67. The second-order valence-electron chi connectivity index (χ2n) is 7.27. The Morgan fingerprint density at radius 2 is 1.50 bits per heavy atom. The van der Waals surface area contributed by atoms with Crippen molar-refractivity contribution in [1.82, 2.24) is 16.0 Å². The van der Waals surface area contributed by atoms with Crippen LogP contribution in [0.5, 0.6) is 0 Å². The first-order chi connectivity index (χ1) is 13.8. The average Bonchev–Trinajstić information content (AvgIpc) is 2.66. The average molecular weight is 431 g/mol. The lowest BCUT2D eigenvalue weighted by molar-refractivity contribution is -0.145. The molecule has 0 aromatic carbocycles. The van der Waals surface area contributed by atoms with Crippen molar-refractivity contribution in [2.24, 2.45) is 17.4 Å². The Kier molecular flexibility index (Phi) is 11.6. The molecule has 30 heavy (non-hydrogen) atoms. The fourth-order valence-corrected chi connectivity index (χ4v) is 2.38. The number of hydrogen-bond donors (Lipinski definition) is 7. The van der Waals surface area contributed by atoms with Gasteiger partial charge in [0.1, 0.15) is 12.1 Å². The van der Waals surface area contributed by atoms with Gasteiger partial charge >= 0.3 is 5.97 Å². The van der Waals surface area contributed by atoms with Gasteiger partial charge in [-0.25, -0.2) is 4.79 Å². The predicted octanol–water partition coefficient (Wildman–Crippen LogP) is -2.43. The van der Waals surface area contributed by atoms with Crippen molar-refractivity contribution in [3.8, 4) is 0 Å². The summed E-state index contributed by atoms with van der Waals surface area (Å²) in [6.07, 6.45) is -1.20. The molecule has 0 aliphatic heterocycles. The van der Waals surface area contributed by atoms with E-state index >= 15 is 0 Å². The molecule has 9 N–H and O–H groups in total. The van der Waals surface area contributed by atoms with E-state index in [1.165, 1.54) is 13.8 Å². The summed E-state index contributed by atoms with van der Waals surface area (Å²) < 4.78 is 0. The van der Waals surface area contributed by atoms with Gasteiger partial charge in [-0.15, -0.1) is 0 Å². The monoisotopic (exact) mass is 431 g/mol. The highest BCUT2D eigenvalue weighted by atomic mass is 16.4. The number of carboxylic acid groups (broad SMARTS) is 1. The highest BCUT2D eigenvalue weighted by Crippen LogP contribution is 2.06. The second-order valence-corrected chi connectivity index (χ2v) is 7.27. The third kappa shape index (κ3) is 9.18. The number of carbonyl (C=O) groups excluding carboxylic acids is 4. The molecule has 12 heteroatoms. The number of nitrogens with one attached hydrogen (secondary N) is 3. The van der Waals surface area contributed by atoms with Crippen molar-refractivity contribution in [2.75, 3.05) is 0 Å². The van der Waals surface area contributed by atoms with Crippen molar-refractivity contribution in [3.63, 3.8) is 0 Å². The highest BCUT2D eigenvalue weighted by molar-refractivity contribution is 5.94. The van der Waals surface area contributed by atoms with E-state index in [0.29, 0.717) is 6.42 Å². The van der Waals surface area contributed by atoms with E-state index < -0.39 is 59.9 Å². The molecule has 0 radical (unpaired) electrons. The van der Waals surface area contributed by atoms with Crippen LogP contribution in [0.3, 0.4) is 0 Å². The highest BCUT2D eigenvalue weighted by Gasteiger charge is 2.31. The standard InChI is InChI=1S/C18H33N5O7/c1-5-8(2)13(20)17(28)21-9(3)15(26)22-11(6-7-12(19)25)16(27)23-14(10(4)24)18(29)30/h8-11,13-14,24H,5-7,20H2,1-4H3,(H2,19,25)(H,21,28)(H,22,26)(H,23,27)(H,29,30). The van der Waals surface area contributed by atoms with Crippen molar-refractivity contribution >= 4 is 29.6 Å². The zero-order valence-electron chi connectivity index (χ0n) is 17.7. The number of rotatable bonds is 13. The van der Waals surface area contributed by atoms with Gasteiger partial charge in [-0.3, -0.25) is 19.2 Å². The Balaban J connectivity index is 5.19. The molecule has 0 heterocycles. The smallest absolute Gasteiger partial charge is 0.328 e. The van der Waals surface area contributed by atoms with Crippen molar-refractivity contribution < 1.29 is 34.2 Å². The van der Waals surface area contributed by atoms with E-state index in [-0.39, 0.29) is 18.8 Å². The maximum atomic E-state index is 12.4. The quantitative estimate of drug-likeness (QED) is 0.166. The molecule has 0 aromatic heterocycles. The summed E-state index contributed by atoms with van der Waals surface area (Å²) in [6, 6.07) is -4.80. The van der Waals surface area contributed by atoms with Gasteiger partial charge in [0.25, 0.3) is 0 Å². The van der Waals surface area contributed by atoms with Crippen LogP contribution in [-0.2, 0) is 24.0 Å². The molecule has 0 fully saturated rings. The van der Waals surface area contributed by atoms with Gasteiger partial charge in [0.05, 0.1) is 12.1 Å². The lowest BCUT2D eigenvalue weighted by Gasteiger charge is -2.25. The first-order valence-corrected chi connectivity index (χ1v) is 9.67. The van der Waals surface area contributed by atoms with Gasteiger partial charge in [0.2, 0.25) is 23.6 Å². The SMILES string of the molecule is CCC(C)C(N)C(=O)NC(C)C(=O)NC(CCC(N)=O)C(=O)NC(C(=O)O)C(C)O. The summed E-state index contributed by atoms with van der Waals surface area (Å²) in [5, 5.41) is 25.5. The van der Waals surface area contributed by atoms with E-state index in [9.17, 15) is 29.1 Å². The number of primary amides is 1. The number of amides is 4. The number of hydrogen-bond acceptors (Lipinski definition) is 7. The molecule has 6 atom stereocenters. The van der Waals surface area contributed by atoms with Gasteiger partial charge in [-0.1, -0.05) is 20.3 Å². The maximum Gasteiger partial charge on any atom is 0.328 e. The van der Waals surface area contributed by atoms with E-state index in [4.69, 9.17) is 16.6 Å². The molecule has 0 rings (SSSR count). The molecule has 4 amide bonds. The van der Waals surface area contributed by atoms with Crippen LogP contribution in [-0.4, -0.2) is 70.1 Å². The summed E-state index contributed by atoms with van der Waals surface area (Å²) >= 11 is 0. The van der Waals surface area contributed by atoms with Gasteiger partial charge < -0.3 is 37.6 Å². The number of aliphatic hydroxyl groups excluding tert-OH is 1. The largest absolute Gasteiger partial charge is 0.480 e. The Morgan fingerprint density at radius 1 is 0.933 bits per heavy atom. The molecule has 12 nitrogen and oxygen atoms in total. The zero-order chi connectivity index (χ0) is 23.6. The van der Waals surface area contributed by atoms with Gasteiger partial charge in [0, 0.05) is 6.42 Å². The Morgan fingerprint density at radius 3 is 1.93 bits per heavy atom. The van der Waals surface area contributed by atoms with Gasteiger partial charge in [0.15, 0.2) is 6.04 Å². The van der Waals surface area contributed by atoms with Crippen LogP contribution in [0.15, 0.2) is 0 Å². The number of nitrogens with two attached hydrogens (primary N) is 2. The molecule has 0 saturated heterocycles. The first kappa shape index (κ1) is 27.3. The molecular formula is C18H33N5O7. The lowest BCUT2D eigenvalue weighted by atomic mass is 9.99. The van der Waals surface area contributed by atoms with Gasteiger partial charge in [-0.2, -0.15) is 0 Å². The van der Waals surface area contributed by atoms with Crippen molar-refractivity contribution in [2.45, 2.75) is 77.2 Å². The summed E-state index contributed by atoms with van der Waals surface area (Å²) in [4.78, 5) is 59.2. The summed E-state index contributed by atoms with van der Waals surface area (Å²) in [7, 11) is 0. The molecule has 0 aliphatic carbocycles. The fraction of sp³-hybridized carbons (Fsp3) is 0.722. The van der Waals surface area contributed by atoms with Crippen molar-refractivity contribution in [1.29, 1.82) is 0 Å². The summed E-state index contributed by atoms with van der Waals surface area (Å²) in [5.41, 5.74) is 10.9. The molecule has 172 valence electrons. The number of aliphatic hydroxyl groups is 1. The molecule has 0 aromatic rings. The molecular weight excluding hydrogens is 398 g/mol. The van der Waals surface area contributed by atoms with Crippen LogP contribution in [0.1, 0.15) is 47.0 Å². The molecule has 0 saturated carbocycles. The van der Waals surface area contributed by atoms with Crippen molar-refractivity contribution in [3.05, 3.63) is 0 Å². The summed E-state index contributed by atoms with van der Waals surface area (Å²) in [6.45, 7) is 6.22. The van der Waals surface area contributed by atoms with E-state index in [1.54, 1.807) is 6.92 Å². The van der Waals surface area contributed by atoms with Crippen LogP contribution >= 0.6 is 0 Å². The molecule has 0 spiro atoms. The zero-order valence-corrected chi connectivity index (χ0v) is 17.7. The Bertz CT molecular complexity index is 640. The van der Waals surface area contributed by atoms with E-state index in [2.05, 4.69) is 16.0 Å². The predicted molar refractivity (Wildman–Crippen MR) is 107 cm³/mol. The van der Waals surface area contributed by atoms with Crippen LogP contribution < -0.4 is 27.4 Å². The number of carboxylic acids is 1. The Hall–Kier alpha value is -2.73. The van der Waals surface area contributed by atoms with Crippen LogP contribution in [0.25, 0.3) is 0 Å². The van der Waals surface area contributed by atoms with Gasteiger partial charge in [-0.05, 0) is 26.2 Å². The molecule has 6 unspecified atom stereocenters. The van der Waals surface area contributed by atoms with E-state index in [0.717, 1.165) is 0 Å². The molecule has 0 aliphatic rings. The molecule has 0 bridgehead atoms.